The molecule has 0 bridgehead atoms. The molecule has 0 saturated heterocycles. The number of hydrogen-bond donors (Lipinski definition) is 1. The van der Waals surface area contributed by atoms with Crippen LogP contribution in [0, 0.1) is 0 Å². The Bertz CT molecular complexity index is 682. The number of nitrogens with zero attached hydrogens (tertiary/aromatic N) is 3. The average molecular weight is 323 g/mol. The van der Waals surface area contributed by atoms with Crippen LogP contribution < -0.4 is 0 Å². The normalized spacial score (nSPS) is 16.0. The summed E-state index contributed by atoms with van der Waals surface area (Å²) in [6.45, 7) is 3.82. The largest absolute Gasteiger partial charge is 0.437 e. The van der Waals surface area contributed by atoms with E-state index in [0.29, 0.717) is 17.8 Å². The molecule has 1 aromatic carbocycles. The van der Waals surface area contributed by atoms with Crippen molar-refractivity contribution in [2.45, 2.75) is 32.5 Å². The summed E-state index contributed by atoms with van der Waals surface area (Å²) < 4.78 is 39.9. The van der Waals surface area contributed by atoms with Gasteiger partial charge in [-0.1, -0.05) is 12.1 Å². The maximum absolute atomic E-state index is 12.6. The van der Waals surface area contributed by atoms with E-state index in [9.17, 15) is 18.2 Å². The van der Waals surface area contributed by atoms with E-state index in [4.69, 9.17) is 0 Å². The molecule has 4 nitrogen and oxygen atoms in total. The Morgan fingerprint density at radius 1 is 1.17 bits per heavy atom. The number of hydrogen-bond acceptors (Lipinski definition) is 3. The molecular weight excluding hydrogens is 306 g/mol. The van der Waals surface area contributed by atoms with Crippen LogP contribution in [0.4, 0.5) is 13.2 Å². The fourth-order valence-corrected chi connectivity index (χ4v) is 2.77. The van der Waals surface area contributed by atoms with Crippen molar-refractivity contribution >= 4 is 7.05 Å². The van der Waals surface area contributed by atoms with Crippen LogP contribution in [0.25, 0.3) is 11.3 Å². The summed E-state index contributed by atoms with van der Waals surface area (Å²) in [5.74, 6) is 0.818. The quantitative estimate of drug-likeness (QED) is 0.864. The molecule has 0 atom stereocenters. The van der Waals surface area contributed by atoms with Gasteiger partial charge >= 0.3 is 13.2 Å². The average Bonchev–Trinajstić information content (AvgIpc) is 2.78. The van der Waals surface area contributed by atoms with Crippen LogP contribution in [0.5, 0.6) is 0 Å². The van der Waals surface area contributed by atoms with Gasteiger partial charge in [0.25, 0.3) is 0 Å². The van der Waals surface area contributed by atoms with Gasteiger partial charge in [-0.25, -0.2) is 4.98 Å². The Hall–Kier alpha value is -1.80. The van der Waals surface area contributed by atoms with Crippen molar-refractivity contribution in [3.8, 4) is 11.3 Å². The fourth-order valence-electron chi connectivity index (χ4n) is 2.77. The standard InChI is InChI=1S/C15H17BF3N3O/c1-16(23)22-8-2-7-21-9-13(20-14(21)10-22)11-3-5-12(6-4-11)15(17,18)19/h3-6,9,23H,2,7-8,10H2,1H3. The Kier molecular flexibility index (Phi) is 4.20. The molecule has 2 heterocycles. The minimum Gasteiger partial charge on any atom is -0.437 e. The van der Waals surface area contributed by atoms with Crippen molar-refractivity contribution < 1.29 is 18.2 Å². The van der Waals surface area contributed by atoms with Gasteiger partial charge in [0.15, 0.2) is 0 Å². The first-order valence-corrected chi connectivity index (χ1v) is 7.50. The highest BCUT2D eigenvalue weighted by molar-refractivity contribution is 6.45. The zero-order chi connectivity index (χ0) is 16.6. The van der Waals surface area contributed by atoms with E-state index in [1.807, 2.05) is 15.6 Å². The molecule has 0 spiro atoms. The molecule has 8 heteroatoms. The van der Waals surface area contributed by atoms with Crippen molar-refractivity contribution in [3.05, 3.63) is 41.9 Å². The summed E-state index contributed by atoms with van der Waals surface area (Å²) in [6, 6.07) is 5.03. The highest BCUT2D eigenvalue weighted by Crippen LogP contribution is 2.31. The summed E-state index contributed by atoms with van der Waals surface area (Å²) in [6.07, 6.45) is -1.58. The molecule has 0 unspecified atom stereocenters. The van der Waals surface area contributed by atoms with Crippen molar-refractivity contribution in [2.75, 3.05) is 6.54 Å². The molecule has 3 rings (SSSR count). The van der Waals surface area contributed by atoms with E-state index in [-0.39, 0.29) is 0 Å². The van der Waals surface area contributed by atoms with Gasteiger partial charge in [-0.05, 0) is 31.9 Å². The molecule has 1 aromatic heterocycles. The SMILES string of the molecule is CB(O)N1CCCn2cc(-c3ccc(C(F)(F)F)cc3)nc2C1. The van der Waals surface area contributed by atoms with E-state index in [1.54, 1.807) is 6.82 Å². The van der Waals surface area contributed by atoms with Gasteiger partial charge in [0.2, 0.25) is 0 Å². The van der Waals surface area contributed by atoms with Gasteiger partial charge in [-0.3, -0.25) is 0 Å². The van der Waals surface area contributed by atoms with E-state index in [1.165, 1.54) is 12.1 Å². The predicted octanol–water partition coefficient (Wildman–Crippen LogP) is 2.88. The lowest BCUT2D eigenvalue weighted by Crippen LogP contribution is -2.36. The minimum absolute atomic E-state index is 0.526. The first-order valence-electron chi connectivity index (χ1n) is 7.50. The Balaban J connectivity index is 1.87. The predicted molar refractivity (Wildman–Crippen MR) is 81.5 cm³/mol. The molecule has 1 aliphatic heterocycles. The van der Waals surface area contributed by atoms with Crippen LogP contribution in [0.3, 0.4) is 0 Å². The zero-order valence-corrected chi connectivity index (χ0v) is 12.7. The maximum atomic E-state index is 12.6. The fraction of sp³-hybridized carbons (Fsp3) is 0.400. The molecule has 0 fully saturated rings. The second-order valence-electron chi connectivity index (χ2n) is 5.77. The minimum atomic E-state index is -4.33. The number of fused-ring (bicyclic) bond motifs is 1. The molecule has 1 aliphatic rings. The van der Waals surface area contributed by atoms with Crippen LogP contribution in [0.2, 0.25) is 6.82 Å². The van der Waals surface area contributed by atoms with E-state index < -0.39 is 18.8 Å². The first kappa shape index (κ1) is 16.1. The molecule has 1 N–H and O–H groups in total. The highest BCUT2D eigenvalue weighted by atomic mass is 19.4. The van der Waals surface area contributed by atoms with Gasteiger partial charge in [0.1, 0.15) is 5.82 Å². The maximum Gasteiger partial charge on any atom is 0.416 e. The van der Waals surface area contributed by atoms with Crippen molar-refractivity contribution in [1.82, 2.24) is 14.4 Å². The second-order valence-corrected chi connectivity index (χ2v) is 5.77. The van der Waals surface area contributed by atoms with Gasteiger partial charge < -0.3 is 14.4 Å². The summed E-state index contributed by atoms with van der Waals surface area (Å²) in [4.78, 5) is 6.45. The third-order valence-corrected chi connectivity index (χ3v) is 4.08. The van der Waals surface area contributed by atoms with E-state index >= 15 is 0 Å². The Morgan fingerprint density at radius 3 is 2.48 bits per heavy atom. The topological polar surface area (TPSA) is 41.3 Å². The number of aryl methyl sites for hydroxylation is 1. The molecule has 0 aliphatic carbocycles. The van der Waals surface area contributed by atoms with Gasteiger partial charge in [-0.2, -0.15) is 13.2 Å². The van der Waals surface area contributed by atoms with Crippen molar-refractivity contribution in [3.63, 3.8) is 0 Å². The van der Waals surface area contributed by atoms with E-state index in [2.05, 4.69) is 4.98 Å². The first-order chi connectivity index (χ1) is 10.8. The second kappa shape index (κ2) is 6.01. The zero-order valence-electron chi connectivity index (χ0n) is 12.7. The van der Waals surface area contributed by atoms with Crippen molar-refractivity contribution in [2.24, 2.45) is 0 Å². The van der Waals surface area contributed by atoms with Gasteiger partial charge in [0, 0.05) is 24.8 Å². The molecule has 0 amide bonds. The molecule has 23 heavy (non-hydrogen) atoms. The lowest BCUT2D eigenvalue weighted by atomic mass is 9.85. The molecule has 0 radical (unpaired) electrons. The summed E-state index contributed by atoms with van der Waals surface area (Å²) in [7, 11) is -0.548. The summed E-state index contributed by atoms with van der Waals surface area (Å²) in [5.41, 5.74) is 0.644. The molecule has 2 aromatic rings. The molecule has 122 valence electrons. The van der Waals surface area contributed by atoms with Crippen LogP contribution >= 0.6 is 0 Å². The number of benzene rings is 1. The number of aromatic nitrogens is 2. The third-order valence-electron chi connectivity index (χ3n) is 4.08. The Labute approximate surface area is 132 Å². The third kappa shape index (κ3) is 3.43. The molecule has 0 saturated carbocycles. The lowest BCUT2D eigenvalue weighted by Gasteiger charge is -2.19. The van der Waals surface area contributed by atoms with E-state index in [0.717, 1.165) is 37.5 Å². The highest BCUT2D eigenvalue weighted by Gasteiger charge is 2.30. The monoisotopic (exact) mass is 323 g/mol. The smallest absolute Gasteiger partial charge is 0.416 e. The van der Waals surface area contributed by atoms with Gasteiger partial charge in [-0.15, -0.1) is 0 Å². The molecular formula is C15H17BF3N3O. The van der Waals surface area contributed by atoms with Gasteiger partial charge in [0.05, 0.1) is 11.3 Å². The number of halogens is 3. The number of alkyl halides is 3. The summed E-state index contributed by atoms with van der Waals surface area (Å²) in [5, 5.41) is 9.74. The van der Waals surface area contributed by atoms with Crippen LogP contribution in [0.15, 0.2) is 30.5 Å². The van der Waals surface area contributed by atoms with Crippen LogP contribution in [0.1, 0.15) is 17.8 Å². The van der Waals surface area contributed by atoms with Crippen molar-refractivity contribution in [1.29, 1.82) is 0 Å². The van der Waals surface area contributed by atoms with Crippen LogP contribution in [-0.4, -0.2) is 33.0 Å². The summed E-state index contributed by atoms with van der Waals surface area (Å²) >= 11 is 0. The van der Waals surface area contributed by atoms with Crippen LogP contribution in [-0.2, 0) is 19.3 Å². The Morgan fingerprint density at radius 2 is 1.87 bits per heavy atom. The number of imidazole rings is 1. The number of rotatable bonds is 2. The lowest BCUT2D eigenvalue weighted by molar-refractivity contribution is -0.137.